The fourth-order valence-electron chi connectivity index (χ4n) is 3.68. The molecule has 0 aliphatic carbocycles. The van der Waals surface area contributed by atoms with Gasteiger partial charge in [-0.1, -0.05) is 28.1 Å². The molecule has 0 radical (unpaired) electrons. The second-order valence-corrected chi connectivity index (χ2v) is 8.23. The zero-order valence-electron chi connectivity index (χ0n) is 17.0. The van der Waals surface area contributed by atoms with Crippen molar-refractivity contribution in [2.45, 2.75) is 6.92 Å². The summed E-state index contributed by atoms with van der Waals surface area (Å²) in [4.78, 5) is 35.5. The Labute approximate surface area is 194 Å². The third kappa shape index (κ3) is 3.57. The van der Waals surface area contributed by atoms with Crippen LogP contribution in [-0.2, 0) is 0 Å². The van der Waals surface area contributed by atoms with Crippen LogP contribution in [0.15, 0.2) is 65.1 Å². The first-order chi connectivity index (χ1) is 15.8. The molecule has 0 bridgehead atoms. The molecule has 2 heterocycles. The minimum Gasteiger partial charge on any atom is -0.275 e. The number of rotatable bonds is 4. The number of hydrogen-bond acceptors (Lipinski definition) is 7. The van der Waals surface area contributed by atoms with Crippen LogP contribution in [0, 0.1) is 27.2 Å². The molecule has 2 aromatic heterocycles. The average molecular weight is 505 g/mol. The summed E-state index contributed by atoms with van der Waals surface area (Å²) in [5.41, 5.74) is 3.03. The minimum atomic E-state index is -0.667. The summed E-state index contributed by atoms with van der Waals surface area (Å²) in [7, 11) is 0. The molecule has 3 aromatic carbocycles. The van der Waals surface area contributed by atoms with Crippen LogP contribution in [0.25, 0.3) is 39.4 Å². The van der Waals surface area contributed by atoms with Crippen LogP contribution < -0.4 is 0 Å². The molecule has 0 spiro atoms. The maximum atomic E-state index is 11.5. The SMILES string of the molecule is Cc1cc(Br)ccc1-n1c(-c2cc([N+](=O)[O-])cc([N+](=O)[O-])c2)nc2nc3ccccc3nc21. The quantitative estimate of drug-likeness (QED) is 0.232. The number of nitrogens with zero attached hydrogens (tertiary/aromatic N) is 6. The first kappa shape index (κ1) is 20.6. The lowest BCUT2D eigenvalue weighted by Crippen LogP contribution is -2.02. The third-order valence-corrected chi connectivity index (χ3v) is 5.65. The molecule has 0 fully saturated rings. The molecular formula is C22H13BrN6O4. The molecule has 162 valence electrons. The molecule has 5 aromatic rings. The van der Waals surface area contributed by atoms with Crippen LogP contribution in [0.1, 0.15) is 5.56 Å². The van der Waals surface area contributed by atoms with Crippen molar-refractivity contribution in [3.63, 3.8) is 0 Å². The highest BCUT2D eigenvalue weighted by Gasteiger charge is 2.23. The Bertz CT molecular complexity index is 1580. The summed E-state index contributed by atoms with van der Waals surface area (Å²) in [5, 5.41) is 22.9. The lowest BCUT2D eigenvalue weighted by Gasteiger charge is -2.12. The predicted octanol–water partition coefficient (Wildman–Crippen LogP) is 5.52. The maximum absolute atomic E-state index is 11.5. The van der Waals surface area contributed by atoms with E-state index in [1.165, 1.54) is 12.1 Å². The molecule has 33 heavy (non-hydrogen) atoms. The van der Waals surface area contributed by atoms with Crippen molar-refractivity contribution in [1.29, 1.82) is 0 Å². The standard InChI is InChI=1S/C22H13BrN6O4/c1-12-8-14(23)6-7-19(12)27-21(13-9-15(28(30)31)11-16(10-13)29(32)33)26-20-22(27)25-18-5-3-2-4-17(18)24-20/h2-11H,1H3. The zero-order chi connectivity index (χ0) is 23.3. The zero-order valence-corrected chi connectivity index (χ0v) is 18.6. The van der Waals surface area contributed by atoms with E-state index in [4.69, 9.17) is 4.98 Å². The van der Waals surface area contributed by atoms with Gasteiger partial charge in [0.15, 0.2) is 11.3 Å². The van der Waals surface area contributed by atoms with Gasteiger partial charge >= 0.3 is 0 Å². The van der Waals surface area contributed by atoms with Gasteiger partial charge in [-0.15, -0.1) is 0 Å². The number of hydrogen-bond donors (Lipinski definition) is 0. The van der Waals surface area contributed by atoms with Crippen LogP contribution in [0.3, 0.4) is 0 Å². The van der Waals surface area contributed by atoms with Gasteiger partial charge in [0.2, 0.25) is 0 Å². The second kappa shape index (κ2) is 7.71. The Morgan fingerprint density at radius 2 is 1.48 bits per heavy atom. The van der Waals surface area contributed by atoms with Gasteiger partial charge in [-0.2, -0.15) is 0 Å². The van der Waals surface area contributed by atoms with E-state index in [-0.39, 0.29) is 11.4 Å². The molecular weight excluding hydrogens is 492 g/mol. The number of nitro groups is 2. The van der Waals surface area contributed by atoms with E-state index in [0.29, 0.717) is 22.3 Å². The second-order valence-electron chi connectivity index (χ2n) is 7.31. The number of nitro benzene ring substituents is 2. The number of aromatic nitrogens is 4. The molecule has 0 aliphatic heterocycles. The Morgan fingerprint density at radius 1 is 0.848 bits per heavy atom. The van der Waals surface area contributed by atoms with Crippen molar-refractivity contribution in [2.75, 3.05) is 0 Å². The van der Waals surface area contributed by atoms with E-state index in [1.54, 1.807) is 4.57 Å². The monoisotopic (exact) mass is 504 g/mol. The van der Waals surface area contributed by atoms with E-state index in [2.05, 4.69) is 25.9 Å². The van der Waals surface area contributed by atoms with E-state index in [1.807, 2.05) is 49.4 Å². The lowest BCUT2D eigenvalue weighted by molar-refractivity contribution is -0.394. The first-order valence-electron chi connectivity index (χ1n) is 9.68. The minimum absolute atomic E-state index is 0.210. The summed E-state index contributed by atoms with van der Waals surface area (Å²) in [6.45, 7) is 1.90. The Balaban J connectivity index is 1.90. The summed E-state index contributed by atoms with van der Waals surface area (Å²) in [5.74, 6) is 0.262. The number of para-hydroxylation sites is 2. The number of imidazole rings is 1. The van der Waals surface area contributed by atoms with Crippen molar-refractivity contribution in [1.82, 2.24) is 19.5 Å². The number of halogens is 1. The van der Waals surface area contributed by atoms with Crippen LogP contribution in [0.4, 0.5) is 11.4 Å². The predicted molar refractivity (Wildman–Crippen MR) is 125 cm³/mol. The third-order valence-electron chi connectivity index (χ3n) is 5.15. The van der Waals surface area contributed by atoms with Crippen LogP contribution in [-0.4, -0.2) is 29.4 Å². The number of non-ortho nitro benzene ring substituents is 2. The number of benzene rings is 3. The summed E-state index contributed by atoms with van der Waals surface area (Å²) >= 11 is 3.45. The average Bonchev–Trinajstić information content (AvgIpc) is 3.15. The summed E-state index contributed by atoms with van der Waals surface area (Å²) in [6.07, 6.45) is 0. The highest BCUT2D eigenvalue weighted by Crippen LogP contribution is 2.34. The summed E-state index contributed by atoms with van der Waals surface area (Å²) < 4.78 is 2.59. The normalized spacial score (nSPS) is 11.2. The molecule has 0 saturated heterocycles. The Hall–Kier alpha value is -4.25. The van der Waals surface area contributed by atoms with E-state index in [0.717, 1.165) is 21.8 Å². The molecule has 0 unspecified atom stereocenters. The van der Waals surface area contributed by atoms with Gasteiger partial charge in [0.05, 0.1) is 32.6 Å². The topological polar surface area (TPSA) is 130 Å². The number of fused-ring (bicyclic) bond motifs is 2. The van der Waals surface area contributed by atoms with Gasteiger partial charge in [-0.05, 0) is 42.8 Å². The molecule has 0 amide bonds. The molecule has 0 saturated carbocycles. The molecule has 0 atom stereocenters. The Morgan fingerprint density at radius 3 is 2.09 bits per heavy atom. The smallest absolute Gasteiger partial charge is 0.275 e. The van der Waals surface area contributed by atoms with Crippen LogP contribution in [0.2, 0.25) is 0 Å². The van der Waals surface area contributed by atoms with Gasteiger partial charge in [-0.25, -0.2) is 15.0 Å². The fraction of sp³-hybridized carbons (Fsp3) is 0.0455. The summed E-state index contributed by atoms with van der Waals surface area (Å²) in [6, 6.07) is 16.4. The van der Waals surface area contributed by atoms with Gasteiger partial charge < -0.3 is 0 Å². The molecule has 5 rings (SSSR count). The molecule has 0 N–H and O–H groups in total. The van der Waals surface area contributed by atoms with Crippen molar-refractivity contribution in [3.8, 4) is 17.1 Å². The van der Waals surface area contributed by atoms with Crippen LogP contribution >= 0.6 is 15.9 Å². The fourth-order valence-corrected chi connectivity index (χ4v) is 4.16. The highest BCUT2D eigenvalue weighted by atomic mass is 79.9. The molecule has 10 nitrogen and oxygen atoms in total. The van der Waals surface area contributed by atoms with Gasteiger partial charge in [0.1, 0.15) is 5.82 Å². The molecule has 0 aliphatic rings. The van der Waals surface area contributed by atoms with Crippen molar-refractivity contribution < 1.29 is 9.85 Å². The van der Waals surface area contributed by atoms with Gasteiger partial charge in [0.25, 0.3) is 11.4 Å². The lowest BCUT2D eigenvalue weighted by atomic mass is 10.1. The molecule has 11 heteroatoms. The van der Waals surface area contributed by atoms with Crippen molar-refractivity contribution in [3.05, 3.63) is 90.9 Å². The van der Waals surface area contributed by atoms with E-state index in [9.17, 15) is 20.2 Å². The van der Waals surface area contributed by atoms with Crippen molar-refractivity contribution >= 4 is 49.6 Å². The Kier molecular flexibility index (Phi) is 4.82. The van der Waals surface area contributed by atoms with Gasteiger partial charge in [-0.3, -0.25) is 24.8 Å². The largest absolute Gasteiger partial charge is 0.277 e. The van der Waals surface area contributed by atoms with Crippen LogP contribution in [0.5, 0.6) is 0 Å². The van der Waals surface area contributed by atoms with Gasteiger partial charge in [0, 0.05) is 22.2 Å². The van der Waals surface area contributed by atoms with Crippen molar-refractivity contribution in [2.24, 2.45) is 0 Å². The highest BCUT2D eigenvalue weighted by molar-refractivity contribution is 9.10. The van der Waals surface area contributed by atoms with E-state index < -0.39 is 21.2 Å². The maximum Gasteiger partial charge on any atom is 0.277 e. The first-order valence-corrected chi connectivity index (χ1v) is 10.5. The van der Waals surface area contributed by atoms with E-state index >= 15 is 0 Å². The number of aryl methyl sites for hydroxylation is 1.